The summed E-state index contributed by atoms with van der Waals surface area (Å²) in [6.45, 7) is -0.482. The molecule has 0 amide bonds. The molecule has 122 valence electrons. The molecule has 0 aliphatic carbocycles. The van der Waals surface area contributed by atoms with Crippen molar-refractivity contribution in [3.05, 3.63) is 75.3 Å². The Balaban J connectivity index is 2.08. The van der Waals surface area contributed by atoms with Crippen molar-refractivity contribution in [2.24, 2.45) is 0 Å². The summed E-state index contributed by atoms with van der Waals surface area (Å²) in [5.74, 6) is -2.27. The Labute approximate surface area is 134 Å². The number of rotatable bonds is 4. The van der Waals surface area contributed by atoms with Crippen LogP contribution in [0.3, 0.4) is 0 Å². The van der Waals surface area contributed by atoms with Gasteiger partial charge in [0.15, 0.2) is 0 Å². The van der Waals surface area contributed by atoms with Crippen LogP contribution < -0.4 is 10.3 Å². The molecule has 0 bridgehead atoms. The molecule has 0 aliphatic heterocycles. The van der Waals surface area contributed by atoms with E-state index in [9.17, 15) is 18.0 Å². The molecule has 24 heavy (non-hydrogen) atoms. The molecule has 0 saturated carbocycles. The first kappa shape index (κ1) is 15.8. The van der Waals surface area contributed by atoms with Crippen molar-refractivity contribution in [1.82, 2.24) is 4.98 Å². The molecule has 0 fully saturated rings. The predicted molar refractivity (Wildman–Crippen MR) is 83.1 cm³/mol. The van der Waals surface area contributed by atoms with Gasteiger partial charge in [0.1, 0.15) is 24.1 Å². The number of H-pyrrole nitrogens is 1. The first-order chi connectivity index (χ1) is 11.5. The highest BCUT2D eigenvalue weighted by atomic mass is 19.1. The van der Waals surface area contributed by atoms with Crippen LogP contribution in [0.2, 0.25) is 0 Å². The first-order valence-electron chi connectivity index (χ1n) is 6.93. The third-order valence-electron chi connectivity index (χ3n) is 3.55. The number of nitrogens with one attached hydrogen (secondary N) is 2. The van der Waals surface area contributed by atoms with Crippen LogP contribution >= 0.6 is 0 Å². The minimum absolute atomic E-state index is 0.0365. The zero-order chi connectivity index (χ0) is 17.3. The normalized spacial score (nSPS) is 10.8. The average molecular weight is 332 g/mol. The van der Waals surface area contributed by atoms with Gasteiger partial charge in [-0.05, 0) is 24.3 Å². The monoisotopic (exact) mass is 332 g/mol. The largest absolute Gasteiger partial charge is 0.473 e. The van der Waals surface area contributed by atoms with E-state index >= 15 is 0 Å². The third-order valence-corrected chi connectivity index (χ3v) is 3.55. The molecule has 0 saturated heterocycles. The molecule has 0 unspecified atom stereocenters. The zero-order valence-corrected chi connectivity index (χ0v) is 12.2. The maximum absolute atomic E-state index is 13.6. The SMILES string of the molecule is N=Cc1c(=O)[nH]c(OCc2c(F)cccc2F)c2cc(F)ccc12. The molecule has 2 N–H and O–H groups in total. The summed E-state index contributed by atoms with van der Waals surface area (Å²) in [6.07, 6.45) is 0.847. The molecule has 3 aromatic rings. The van der Waals surface area contributed by atoms with Gasteiger partial charge in [-0.3, -0.25) is 9.78 Å². The molecule has 1 heterocycles. The Hall–Kier alpha value is -3.09. The fraction of sp³-hybridized carbons (Fsp3) is 0.0588. The highest BCUT2D eigenvalue weighted by molar-refractivity contribution is 6.00. The van der Waals surface area contributed by atoms with Crippen molar-refractivity contribution in [2.75, 3.05) is 0 Å². The predicted octanol–water partition coefficient (Wildman–Crippen LogP) is 3.52. The summed E-state index contributed by atoms with van der Waals surface area (Å²) in [5, 5.41) is 7.81. The number of aromatic nitrogens is 1. The molecule has 2 aromatic carbocycles. The average Bonchev–Trinajstić information content (AvgIpc) is 2.54. The van der Waals surface area contributed by atoms with Crippen LogP contribution in [-0.4, -0.2) is 11.2 Å². The summed E-state index contributed by atoms with van der Waals surface area (Å²) < 4.78 is 46.1. The molecular weight excluding hydrogens is 321 g/mol. The standard InChI is InChI=1S/C17H11F3N2O2/c18-9-4-5-10-11(6-9)17(22-16(23)12(10)7-21)24-8-13-14(19)2-1-3-15(13)20/h1-7,21H,8H2,(H,22,23). The second kappa shape index (κ2) is 6.19. The Kier molecular flexibility index (Phi) is 4.07. The van der Waals surface area contributed by atoms with Crippen molar-refractivity contribution < 1.29 is 17.9 Å². The Morgan fingerprint density at radius 3 is 2.46 bits per heavy atom. The van der Waals surface area contributed by atoms with E-state index in [1.165, 1.54) is 12.1 Å². The van der Waals surface area contributed by atoms with Crippen LogP contribution in [0.1, 0.15) is 11.1 Å². The number of ether oxygens (including phenoxy) is 1. The highest BCUT2D eigenvalue weighted by Crippen LogP contribution is 2.26. The summed E-state index contributed by atoms with van der Waals surface area (Å²) in [4.78, 5) is 14.4. The van der Waals surface area contributed by atoms with Gasteiger partial charge in [-0.2, -0.15) is 0 Å². The Morgan fingerprint density at radius 2 is 1.79 bits per heavy atom. The minimum atomic E-state index is -0.788. The van der Waals surface area contributed by atoms with Gasteiger partial charge >= 0.3 is 0 Å². The van der Waals surface area contributed by atoms with Crippen LogP contribution in [-0.2, 0) is 6.61 Å². The Morgan fingerprint density at radius 1 is 1.08 bits per heavy atom. The maximum Gasteiger partial charge on any atom is 0.260 e. The van der Waals surface area contributed by atoms with E-state index < -0.39 is 29.6 Å². The lowest BCUT2D eigenvalue weighted by Gasteiger charge is -2.11. The number of hydrogen-bond donors (Lipinski definition) is 2. The van der Waals surface area contributed by atoms with E-state index in [2.05, 4.69) is 4.98 Å². The van der Waals surface area contributed by atoms with Gasteiger partial charge in [0.2, 0.25) is 5.88 Å². The zero-order valence-electron chi connectivity index (χ0n) is 12.2. The van der Waals surface area contributed by atoms with E-state index in [0.29, 0.717) is 5.39 Å². The highest BCUT2D eigenvalue weighted by Gasteiger charge is 2.14. The summed E-state index contributed by atoms with van der Waals surface area (Å²) in [7, 11) is 0. The number of halogens is 3. The van der Waals surface area contributed by atoms with Gasteiger partial charge in [0.05, 0.1) is 11.1 Å². The second-order valence-electron chi connectivity index (χ2n) is 5.02. The molecule has 1 aromatic heterocycles. The van der Waals surface area contributed by atoms with Crippen LogP contribution in [0, 0.1) is 22.9 Å². The summed E-state index contributed by atoms with van der Waals surface area (Å²) in [5.41, 5.74) is -0.887. The molecule has 0 atom stereocenters. The fourth-order valence-electron chi connectivity index (χ4n) is 2.37. The fourth-order valence-corrected chi connectivity index (χ4v) is 2.37. The number of benzene rings is 2. The molecule has 4 nitrogen and oxygen atoms in total. The minimum Gasteiger partial charge on any atom is -0.473 e. The van der Waals surface area contributed by atoms with Crippen molar-refractivity contribution in [1.29, 1.82) is 5.41 Å². The molecule has 0 spiro atoms. The number of aromatic amines is 1. The third kappa shape index (κ3) is 2.76. The van der Waals surface area contributed by atoms with Gasteiger partial charge < -0.3 is 10.1 Å². The second-order valence-corrected chi connectivity index (χ2v) is 5.02. The lowest BCUT2D eigenvalue weighted by Crippen LogP contribution is -2.15. The molecule has 0 aliphatic rings. The van der Waals surface area contributed by atoms with Crippen LogP contribution in [0.4, 0.5) is 13.2 Å². The van der Waals surface area contributed by atoms with Crippen LogP contribution in [0.25, 0.3) is 10.8 Å². The molecule has 3 rings (SSSR count). The number of fused-ring (bicyclic) bond motifs is 1. The van der Waals surface area contributed by atoms with E-state index in [4.69, 9.17) is 10.1 Å². The Bertz CT molecular complexity index is 979. The van der Waals surface area contributed by atoms with Gasteiger partial charge in [-0.25, -0.2) is 13.2 Å². The van der Waals surface area contributed by atoms with E-state index in [-0.39, 0.29) is 22.4 Å². The van der Waals surface area contributed by atoms with Gasteiger partial charge in [0.25, 0.3) is 5.56 Å². The first-order valence-corrected chi connectivity index (χ1v) is 6.93. The lowest BCUT2D eigenvalue weighted by atomic mass is 10.1. The summed E-state index contributed by atoms with van der Waals surface area (Å²) >= 11 is 0. The van der Waals surface area contributed by atoms with Crippen LogP contribution in [0.5, 0.6) is 5.88 Å². The van der Waals surface area contributed by atoms with Crippen molar-refractivity contribution in [3.63, 3.8) is 0 Å². The van der Waals surface area contributed by atoms with Crippen LogP contribution in [0.15, 0.2) is 41.2 Å². The maximum atomic E-state index is 13.6. The van der Waals surface area contributed by atoms with Gasteiger partial charge in [-0.1, -0.05) is 12.1 Å². The van der Waals surface area contributed by atoms with E-state index in [0.717, 1.165) is 30.5 Å². The topological polar surface area (TPSA) is 65.9 Å². The quantitative estimate of drug-likeness (QED) is 0.718. The van der Waals surface area contributed by atoms with E-state index in [1.807, 2.05) is 0 Å². The number of hydrogen-bond acceptors (Lipinski definition) is 3. The van der Waals surface area contributed by atoms with E-state index in [1.54, 1.807) is 0 Å². The van der Waals surface area contributed by atoms with Crippen molar-refractivity contribution >= 4 is 17.0 Å². The smallest absolute Gasteiger partial charge is 0.260 e. The van der Waals surface area contributed by atoms with Crippen molar-refractivity contribution in [3.8, 4) is 5.88 Å². The van der Waals surface area contributed by atoms with Crippen molar-refractivity contribution in [2.45, 2.75) is 6.61 Å². The number of pyridine rings is 1. The lowest BCUT2D eigenvalue weighted by molar-refractivity contribution is 0.284. The summed E-state index contributed by atoms with van der Waals surface area (Å²) in [6, 6.07) is 7.00. The molecule has 0 radical (unpaired) electrons. The molecular formula is C17H11F3N2O2. The van der Waals surface area contributed by atoms with Gasteiger partial charge in [-0.15, -0.1) is 0 Å². The molecule has 7 heteroatoms. The van der Waals surface area contributed by atoms with Gasteiger partial charge in [0, 0.05) is 17.0 Å².